The van der Waals surface area contributed by atoms with Crippen LogP contribution in [0.25, 0.3) is 10.9 Å². The van der Waals surface area contributed by atoms with Gasteiger partial charge in [0.1, 0.15) is 0 Å². The largest absolute Gasteiger partial charge is 0.469 e. The van der Waals surface area contributed by atoms with Crippen LogP contribution in [0.15, 0.2) is 30.5 Å². The van der Waals surface area contributed by atoms with E-state index in [4.69, 9.17) is 4.74 Å². The number of methoxy groups -OCH3 is 1. The molecule has 2 aromatic rings. The van der Waals surface area contributed by atoms with Gasteiger partial charge in [0, 0.05) is 23.1 Å². The van der Waals surface area contributed by atoms with Gasteiger partial charge in [-0.05, 0) is 25.5 Å². The summed E-state index contributed by atoms with van der Waals surface area (Å²) in [4.78, 5) is 11.4. The third-order valence-corrected chi connectivity index (χ3v) is 2.94. The van der Waals surface area contributed by atoms with Crippen LogP contribution in [0.4, 0.5) is 0 Å². The van der Waals surface area contributed by atoms with Crippen molar-refractivity contribution in [3.05, 3.63) is 36.0 Å². The van der Waals surface area contributed by atoms with E-state index in [1.807, 2.05) is 24.4 Å². The van der Waals surface area contributed by atoms with Crippen LogP contribution in [0.5, 0.6) is 0 Å². The summed E-state index contributed by atoms with van der Waals surface area (Å²) in [7, 11) is 1.42. The molecule has 0 bridgehead atoms. The van der Waals surface area contributed by atoms with Crippen molar-refractivity contribution >= 4 is 16.9 Å². The molecule has 1 aromatic heterocycles. The van der Waals surface area contributed by atoms with E-state index in [0.717, 1.165) is 10.9 Å². The first kappa shape index (κ1) is 11.7. The second kappa shape index (κ2) is 4.62. The molecule has 2 rings (SSSR count). The van der Waals surface area contributed by atoms with Crippen LogP contribution in [0, 0.1) is 0 Å². The lowest BCUT2D eigenvalue weighted by molar-refractivity contribution is -0.139. The Balaban J connectivity index is 2.52. The summed E-state index contributed by atoms with van der Waals surface area (Å²) < 4.78 is 6.91. The van der Waals surface area contributed by atoms with Gasteiger partial charge >= 0.3 is 5.97 Å². The van der Waals surface area contributed by atoms with Crippen LogP contribution < -0.4 is 0 Å². The molecule has 0 radical (unpaired) electrons. The summed E-state index contributed by atoms with van der Waals surface area (Å²) in [6.45, 7) is 4.27. The molecular formula is C14H17NO2. The Morgan fingerprint density at radius 2 is 2.06 bits per heavy atom. The van der Waals surface area contributed by atoms with Crippen LogP contribution in [0.2, 0.25) is 0 Å². The van der Waals surface area contributed by atoms with E-state index < -0.39 is 0 Å². The van der Waals surface area contributed by atoms with Crippen LogP contribution in [0.3, 0.4) is 0 Å². The molecule has 0 saturated heterocycles. The van der Waals surface area contributed by atoms with Gasteiger partial charge < -0.3 is 9.30 Å². The van der Waals surface area contributed by atoms with Crippen molar-refractivity contribution in [2.24, 2.45) is 0 Å². The molecule has 90 valence electrons. The zero-order chi connectivity index (χ0) is 12.4. The van der Waals surface area contributed by atoms with Gasteiger partial charge in [0.15, 0.2) is 0 Å². The molecule has 0 N–H and O–H groups in total. The van der Waals surface area contributed by atoms with Crippen LogP contribution in [-0.2, 0) is 16.0 Å². The lowest BCUT2D eigenvalue weighted by Gasteiger charge is -2.08. The molecule has 0 spiro atoms. The number of carbonyl (C=O) groups excluding carboxylic acids is 1. The number of rotatable bonds is 3. The van der Waals surface area contributed by atoms with Crippen molar-refractivity contribution in [1.29, 1.82) is 0 Å². The van der Waals surface area contributed by atoms with Crippen molar-refractivity contribution in [3.63, 3.8) is 0 Å². The topological polar surface area (TPSA) is 31.2 Å². The molecule has 0 unspecified atom stereocenters. The minimum Gasteiger partial charge on any atom is -0.469 e. The molecule has 0 aliphatic carbocycles. The third-order valence-electron chi connectivity index (χ3n) is 2.94. The van der Waals surface area contributed by atoms with Crippen LogP contribution in [0.1, 0.15) is 25.5 Å². The van der Waals surface area contributed by atoms with Crippen molar-refractivity contribution in [2.45, 2.75) is 26.3 Å². The number of ether oxygens (including phenoxy) is 1. The first-order valence-electron chi connectivity index (χ1n) is 5.78. The molecule has 1 heterocycles. The van der Waals surface area contributed by atoms with Gasteiger partial charge in [0.2, 0.25) is 0 Å². The highest BCUT2D eigenvalue weighted by Gasteiger charge is 2.12. The monoisotopic (exact) mass is 231 g/mol. The van der Waals surface area contributed by atoms with Gasteiger partial charge in [-0.1, -0.05) is 18.2 Å². The number of nitrogens with zero attached hydrogens (tertiary/aromatic N) is 1. The molecule has 3 heteroatoms. The normalized spacial score (nSPS) is 11.1. The lowest BCUT2D eigenvalue weighted by Crippen LogP contribution is -2.04. The molecule has 1 aromatic carbocycles. The number of carbonyl (C=O) groups is 1. The smallest absolute Gasteiger partial charge is 0.310 e. The summed E-state index contributed by atoms with van der Waals surface area (Å²) >= 11 is 0. The Bertz CT molecular complexity index is 540. The quantitative estimate of drug-likeness (QED) is 0.760. The van der Waals surface area contributed by atoms with Crippen LogP contribution >= 0.6 is 0 Å². The van der Waals surface area contributed by atoms with E-state index in [-0.39, 0.29) is 5.97 Å². The molecule has 17 heavy (non-hydrogen) atoms. The standard InChI is InChI=1S/C14H17NO2/c1-10(2)15-9-11(8-14(16)17-3)12-6-4-5-7-13(12)15/h4-7,9-10H,8H2,1-3H3. The number of esters is 1. The highest BCUT2D eigenvalue weighted by molar-refractivity contribution is 5.88. The fourth-order valence-corrected chi connectivity index (χ4v) is 2.07. The molecule has 3 nitrogen and oxygen atoms in total. The fourth-order valence-electron chi connectivity index (χ4n) is 2.07. The number of benzene rings is 1. The van der Waals surface area contributed by atoms with E-state index >= 15 is 0 Å². The van der Waals surface area contributed by atoms with Gasteiger partial charge in [-0.2, -0.15) is 0 Å². The summed E-state index contributed by atoms with van der Waals surface area (Å²) in [5, 5.41) is 1.13. The summed E-state index contributed by atoms with van der Waals surface area (Å²) in [6, 6.07) is 8.52. The fraction of sp³-hybridized carbons (Fsp3) is 0.357. The van der Waals surface area contributed by atoms with Crippen molar-refractivity contribution in [1.82, 2.24) is 4.57 Å². The Labute approximate surface area is 101 Å². The van der Waals surface area contributed by atoms with E-state index in [1.165, 1.54) is 12.6 Å². The van der Waals surface area contributed by atoms with E-state index in [2.05, 4.69) is 24.5 Å². The van der Waals surface area contributed by atoms with Crippen molar-refractivity contribution in [2.75, 3.05) is 7.11 Å². The Morgan fingerprint density at radius 3 is 2.71 bits per heavy atom. The summed E-state index contributed by atoms with van der Waals surface area (Å²) in [5.41, 5.74) is 2.20. The SMILES string of the molecule is COC(=O)Cc1cn(C(C)C)c2ccccc12. The summed E-state index contributed by atoms with van der Waals surface area (Å²) in [6.07, 6.45) is 2.38. The highest BCUT2D eigenvalue weighted by Crippen LogP contribution is 2.25. The highest BCUT2D eigenvalue weighted by atomic mass is 16.5. The molecule has 0 fully saturated rings. The van der Waals surface area contributed by atoms with Crippen LogP contribution in [-0.4, -0.2) is 17.6 Å². The minimum absolute atomic E-state index is 0.198. The average molecular weight is 231 g/mol. The zero-order valence-corrected chi connectivity index (χ0v) is 10.4. The Morgan fingerprint density at radius 1 is 1.35 bits per heavy atom. The second-order valence-electron chi connectivity index (χ2n) is 4.43. The van der Waals surface area contributed by atoms with Gasteiger partial charge in [-0.3, -0.25) is 4.79 Å². The lowest BCUT2D eigenvalue weighted by atomic mass is 10.1. The Kier molecular flexibility index (Phi) is 3.18. The number of hydrogen-bond donors (Lipinski definition) is 0. The maximum atomic E-state index is 11.4. The molecule has 0 saturated carbocycles. The second-order valence-corrected chi connectivity index (χ2v) is 4.43. The summed E-state index contributed by atoms with van der Waals surface area (Å²) in [5.74, 6) is -0.198. The third kappa shape index (κ3) is 2.18. The number of hydrogen-bond acceptors (Lipinski definition) is 2. The first-order chi connectivity index (χ1) is 8.13. The van der Waals surface area contributed by atoms with Gasteiger partial charge in [0.05, 0.1) is 13.5 Å². The first-order valence-corrected chi connectivity index (χ1v) is 5.78. The molecule has 0 aliphatic heterocycles. The van der Waals surface area contributed by atoms with E-state index in [1.54, 1.807) is 0 Å². The maximum Gasteiger partial charge on any atom is 0.310 e. The van der Waals surface area contributed by atoms with E-state index in [9.17, 15) is 4.79 Å². The number of para-hydroxylation sites is 1. The van der Waals surface area contributed by atoms with Crippen molar-refractivity contribution in [3.8, 4) is 0 Å². The minimum atomic E-state index is -0.198. The predicted molar refractivity (Wildman–Crippen MR) is 68.0 cm³/mol. The molecule has 0 amide bonds. The number of fused-ring (bicyclic) bond motifs is 1. The Hall–Kier alpha value is -1.77. The average Bonchev–Trinajstić information content (AvgIpc) is 2.68. The maximum absolute atomic E-state index is 11.4. The predicted octanol–water partition coefficient (Wildman–Crippen LogP) is 2.94. The van der Waals surface area contributed by atoms with E-state index in [0.29, 0.717) is 12.5 Å². The number of aromatic nitrogens is 1. The van der Waals surface area contributed by atoms with Gasteiger partial charge in [-0.25, -0.2) is 0 Å². The van der Waals surface area contributed by atoms with Gasteiger partial charge in [0.25, 0.3) is 0 Å². The van der Waals surface area contributed by atoms with Crippen molar-refractivity contribution < 1.29 is 9.53 Å². The zero-order valence-electron chi connectivity index (χ0n) is 10.4. The molecule has 0 atom stereocenters. The molecular weight excluding hydrogens is 214 g/mol. The van der Waals surface area contributed by atoms with Gasteiger partial charge in [-0.15, -0.1) is 0 Å². The molecule has 0 aliphatic rings.